The molecule has 19 heavy (non-hydrogen) atoms. The van der Waals surface area contributed by atoms with Crippen molar-refractivity contribution < 1.29 is 13.8 Å². The lowest BCUT2D eigenvalue weighted by Crippen LogP contribution is -2.29. The molecule has 2 N–H and O–H groups in total. The molecule has 2 aromatic heterocycles. The van der Waals surface area contributed by atoms with E-state index in [1.807, 2.05) is 4.90 Å². The zero-order valence-electron chi connectivity index (χ0n) is 10.2. The molecule has 0 aliphatic carbocycles. The van der Waals surface area contributed by atoms with E-state index in [9.17, 15) is 4.79 Å². The molecule has 2 aromatic rings. The third kappa shape index (κ3) is 2.16. The molecule has 100 valence electrons. The van der Waals surface area contributed by atoms with E-state index in [1.54, 1.807) is 0 Å². The maximum Gasteiger partial charge on any atom is 0.324 e. The fourth-order valence-electron chi connectivity index (χ4n) is 2.11. The first-order valence-electron chi connectivity index (χ1n) is 6.09. The Morgan fingerprint density at radius 2 is 2.05 bits per heavy atom. The number of carbonyl (C=O) groups excluding carboxylic acids is 1. The normalized spacial score (nSPS) is 15.7. The van der Waals surface area contributed by atoms with Gasteiger partial charge in [-0.15, -0.1) is 0 Å². The second-order valence-electron chi connectivity index (χ2n) is 4.39. The van der Waals surface area contributed by atoms with Crippen LogP contribution in [0, 0.1) is 0 Å². The first-order valence-corrected chi connectivity index (χ1v) is 6.09. The largest absolute Gasteiger partial charge is 0.364 e. The van der Waals surface area contributed by atoms with Crippen LogP contribution in [-0.2, 0) is 0 Å². The maximum absolute atomic E-state index is 11.2. The Labute approximate surface area is 108 Å². The van der Waals surface area contributed by atoms with Gasteiger partial charge < -0.3 is 19.7 Å². The minimum absolute atomic E-state index is 0.00555. The van der Waals surface area contributed by atoms with Crippen LogP contribution in [0.2, 0.25) is 0 Å². The molecule has 0 bridgehead atoms. The van der Waals surface area contributed by atoms with Crippen molar-refractivity contribution in [3.8, 4) is 11.4 Å². The quantitative estimate of drug-likeness (QED) is 0.872. The molecule has 1 aliphatic rings. The number of primary amides is 1. The first kappa shape index (κ1) is 11.7. The molecule has 0 radical (unpaired) electrons. The molecular weight excluding hydrogens is 250 g/mol. The number of amides is 1. The molecule has 0 saturated carbocycles. The fourth-order valence-corrected chi connectivity index (χ4v) is 2.11. The van der Waals surface area contributed by atoms with Crippen molar-refractivity contribution in [2.45, 2.75) is 19.3 Å². The van der Waals surface area contributed by atoms with Gasteiger partial charge in [-0.05, 0) is 19.3 Å². The minimum atomic E-state index is -0.687. The van der Waals surface area contributed by atoms with Gasteiger partial charge in [-0.25, -0.2) is 0 Å². The Bertz CT molecular complexity index is 585. The summed E-state index contributed by atoms with van der Waals surface area (Å²) < 4.78 is 9.94. The standard InChI is InChI=1S/C11H13N5O3/c12-9(17)8-7(6-18-14-8)10-13-11(19-15-10)16-4-2-1-3-5-16/h6H,1-5H2,(H2,12,17). The van der Waals surface area contributed by atoms with Gasteiger partial charge in [0.15, 0.2) is 5.69 Å². The molecule has 0 unspecified atom stereocenters. The predicted molar refractivity (Wildman–Crippen MR) is 64.4 cm³/mol. The van der Waals surface area contributed by atoms with E-state index in [4.69, 9.17) is 14.8 Å². The number of rotatable bonds is 3. The summed E-state index contributed by atoms with van der Waals surface area (Å²) in [4.78, 5) is 17.5. The predicted octanol–water partition coefficient (Wildman–Crippen LogP) is 0.814. The van der Waals surface area contributed by atoms with E-state index in [0.717, 1.165) is 25.9 Å². The van der Waals surface area contributed by atoms with E-state index in [-0.39, 0.29) is 11.5 Å². The third-order valence-electron chi connectivity index (χ3n) is 3.09. The van der Waals surface area contributed by atoms with Gasteiger partial charge in [-0.3, -0.25) is 4.79 Å². The molecule has 1 amide bonds. The van der Waals surface area contributed by atoms with Crippen molar-refractivity contribution in [2.75, 3.05) is 18.0 Å². The minimum Gasteiger partial charge on any atom is -0.364 e. The van der Waals surface area contributed by atoms with Crippen LogP contribution >= 0.6 is 0 Å². The van der Waals surface area contributed by atoms with Gasteiger partial charge in [0.1, 0.15) is 6.26 Å². The highest BCUT2D eigenvalue weighted by Crippen LogP contribution is 2.24. The zero-order chi connectivity index (χ0) is 13.2. The summed E-state index contributed by atoms with van der Waals surface area (Å²) in [6.07, 6.45) is 4.72. The summed E-state index contributed by atoms with van der Waals surface area (Å²) in [7, 11) is 0. The summed E-state index contributed by atoms with van der Waals surface area (Å²) in [6, 6.07) is 0.450. The lowest BCUT2D eigenvalue weighted by Gasteiger charge is -2.23. The van der Waals surface area contributed by atoms with Crippen LogP contribution in [0.25, 0.3) is 11.4 Å². The SMILES string of the molecule is NC(=O)c1nocc1-c1noc(N2CCCCC2)n1. The highest BCUT2D eigenvalue weighted by Gasteiger charge is 2.22. The highest BCUT2D eigenvalue weighted by molar-refractivity contribution is 5.96. The summed E-state index contributed by atoms with van der Waals surface area (Å²) in [5, 5.41) is 7.37. The molecule has 3 heterocycles. The molecule has 1 fully saturated rings. The summed E-state index contributed by atoms with van der Waals surface area (Å²) in [5.41, 5.74) is 5.54. The molecule has 1 aliphatic heterocycles. The van der Waals surface area contributed by atoms with Gasteiger partial charge in [0.05, 0.1) is 5.56 Å². The van der Waals surface area contributed by atoms with Crippen LogP contribution in [0.3, 0.4) is 0 Å². The Morgan fingerprint density at radius 3 is 2.79 bits per heavy atom. The molecule has 3 rings (SSSR count). The molecule has 1 saturated heterocycles. The van der Waals surface area contributed by atoms with E-state index in [0.29, 0.717) is 11.6 Å². The van der Waals surface area contributed by atoms with E-state index in [1.165, 1.54) is 12.7 Å². The lowest BCUT2D eigenvalue weighted by atomic mass is 10.1. The van der Waals surface area contributed by atoms with E-state index in [2.05, 4.69) is 15.3 Å². The van der Waals surface area contributed by atoms with Gasteiger partial charge >= 0.3 is 6.01 Å². The number of anilines is 1. The average molecular weight is 263 g/mol. The Balaban J connectivity index is 1.88. The molecule has 0 atom stereocenters. The number of aromatic nitrogens is 3. The average Bonchev–Trinajstić information content (AvgIpc) is 3.08. The Hall–Kier alpha value is -2.38. The van der Waals surface area contributed by atoms with E-state index < -0.39 is 5.91 Å². The topological polar surface area (TPSA) is 111 Å². The second-order valence-corrected chi connectivity index (χ2v) is 4.39. The zero-order valence-corrected chi connectivity index (χ0v) is 10.2. The summed E-state index contributed by atoms with van der Waals surface area (Å²) in [6.45, 7) is 1.79. The Morgan fingerprint density at radius 1 is 1.26 bits per heavy atom. The van der Waals surface area contributed by atoms with Gasteiger partial charge in [-0.2, -0.15) is 4.98 Å². The Kier molecular flexibility index (Phi) is 2.90. The number of hydrogen-bond donors (Lipinski definition) is 1. The molecule has 8 nitrogen and oxygen atoms in total. The number of carbonyl (C=O) groups is 1. The van der Waals surface area contributed by atoms with Crippen LogP contribution in [0.4, 0.5) is 6.01 Å². The third-order valence-corrected chi connectivity index (χ3v) is 3.09. The molecule has 0 aromatic carbocycles. The molecule has 0 spiro atoms. The molecular formula is C11H13N5O3. The van der Waals surface area contributed by atoms with Crippen molar-refractivity contribution in [1.82, 2.24) is 15.3 Å². The van der Waals surface area contributed by atoms with Crippen LogP contribution in [0.15, 0.2) is 15.3 Å². The van der Waals surface area contributed by atoms with Crippen molar-refractivity contribution in [1.29, 1.82) is 0 Å². The molecule has 8 heteroatoms. The number of piperidine rings is 1. The number of nitrogens with two attached hydrogens (primary N) is 1. The van der Waals surface area contributed by atoms with Crippen LogP contribution in [-0.4, -0.2) is 34.3 Å². The van der Waals surface area contributed by atoms with Gasteiger partial charge in [0, 0.05) is 13.1 Å². The van der Waals surface area contributed by atoms with Crippen LogP contribution in [0.1, 0.15) is 29.8 Å². The second kappa shape index (κ2) is 4.71. The fraction of sp³-hybridized carbons (Fsp3) is 0.455. The van der Waals surface area contributed by atoms with Crippen LogP contribution < -0.4 is 10.6 Å². The van der Waals surface area contributed by atoms with Gasteiger partial charge in [-0.1, -0.05) is 10.3 Å². The number of nitrogens with zero attached hydrogens (tertiary/aromatic N) is 4. The summed E-state index contributed by atoms with van der Waals surface area (Å²) >= 11 is 0. The van der Waals surface area contributed by atoms with Crippen molar-refractivity contribution in [2.24, 2.45) is 5.73 Å². The smallest absolute Gasteiger partial charge is 0.324 e. The van der Waals surface area contributed by atoms with Crippen LogP contribution in [0.5, 0.6) is 0 Å². The van der Waals surface area contributed by atoms with Crippen molar-refractivity contribution >= 4 is 11.9 Å². The lowest BCUT2D eigenvalue weighted by molar-refractivity contribution is 0.0992. The summed E-state index contributed by atoms with van der Waals surface area (Å²) in [5.74, 6) is -0.427. The van der Waals surface area contributed by atoms with Gasteiger partial charge in [0.25, 0.3) is 5.91 Å². The first-order chi connectivity index (χ1) is 9.25. The van der Waals surface area contributed by atoms with E-state index >= 15 is 0 Å². The van der Waals surface area contributed by atoms with Crippen molar-refractivity contribution in [3.63, 3.8) is 0 Å². The van der Waals surface area contributed by atoms with Gasteiger partial charge in [0.2, 0.25) is 5.82 Å². The monoisotopic (exact) mass is 263 g/mol. The highest BCUT2D eigenvalue weighted by atomic mass is 16.5. The van der Waals surface area contributed by atoms with Crippen molar-refractivity contribution in [3.05, 3.63) is 12.0 Å². The maximum atomic E-state index is 11.2. The number of hydrogen-bond acceptors (Lipinski definition) is 7.